The Morgan fingerprint density at radius 1 is 1.08 bits per heavy atom. The monoisotopic (exact) mass is 162 g/mol. The van der Waals surface area contributed by atoms with Crippen LogP contribution in [0.25, 0.3) is 10.8 Å². The Labute approximate surface area is 81.3 Å². The Kier molecular flexibility index (Phi) is 0.705. The molecule has 0 atom stereocenters. The van der Waals surface area contributed by atoms with E-state index in [0.717, 1.165) is 0 Å². The van der Waals surface area contributed by atoms with Crippen LogP contribution in [0.4, 0.5) is 0 Å². The average Bonchev–Trinajstić information content (AvgIpc) is 2.25. The average molecular weight is 162 g/mol. The van der Waals surface area contributed by atoms with Gasteiger partial charge in [-0.1, -0.05) is 42.0 Å². The van der Waals surface area contributed by atoms with Crippen molar-refractivity contribution in [3.63, 3.8) is 0 Å². The van der Waals surface area contributed by atoms with Crippen LogP contribution in [0, 0.1) is 13.7 Å². The van der Waals surface area contributed by atoms with Gasteiger partial charge in [0.2, 0.25) is 0 Å². The van der Waals surface area contributed by atoms with Crippen LogP contribution in [0.5, 0.6) is 0 Å². The van der Waals surface area contributed by atoms with Gasteiger partial charge < -0.3 is 0 Å². The van der Waals surface area contributed by atoms with Gasteiger partial charge in [0.1, 0.15) is 0 Å². The smallest absolute Gasteiger partial charge is 0.0280 e. The summed E-state index contributed by atoms with van der Waals surface area (Å²) in [7, 11) is 0. The van der Waals surface area contributed by atoms with E-state index in [9.17, 15) is 0 Å². The van der Waals surface area contributed by atoms with Crippen LogP contribution in [0.1, 0.15) is 19.4 Å². The first-order valence-corrected chi connectivity index (χ1v) is 3.73. The van der Waals surface area contributed by atoms with Crippen molar-refractivity contribution in [1.29, 1.82) is 0 Å². The molecule has 12 heavy (non-hydrogen) atoms. The van der Waals surface area contributed by atoms with E-state index in [0.29, 0.717) is 10.8 Å². The molecule has 0 aliphatic carbocycles. The zero-order chi connectivity index (χ0) is 13.6. The molecular weight excluding hydrogens is 144 g/mol. The van der Waals surface area contributed by atoms with Crippen LogP contribution in [0.15, 0.2) is 36.4 Å². The van der Waals surface area contributed by atoms with Crippen molar-refractivity contribution >= 4 is 10.8 Å². The molecule has 0 amide bonds. The fourth-order valence-corrected chi connectivity index (χ4v) is 1.31. The zero-order valence-corrected chi connectivity index (χ0v) is 6.46. The van der Waals surface area contributed by atoms with Crippen molar-refractivity contribution < 1.29 is 8.22 Å². The predicted molar refractivity (Wildman–Crippen MR) is 53.4 cm³/mol. The van der Waals surface area contributed by atoms with Gasteiger partial charge in [0.25, 0.3) is 0 Å². The van der Waals surface area contributed by atoms with Gasteiger partial charge in [-0.3, -0.25) is 0 Å². The molecule has 0 aromatic heterocycles. The molecule has 60 valence electrons. The molecule has 2 aromatic carbocycles. The second kappa shape index (κ2) is 2.63. The molecular formula is C12H12. The van der Waals surface area contributed by atoms with E-state index in [-0.39, 0.29) is 11.1 Å². The second-order valence-corrected chi connectivity index (χ2v) is 2.74. The Balaban J connectivity index is 2.81. The molecule has 0 spiro atoms. The lowest BCUT2D eigenvalue weighted by atomic mass is 10.0. The van der Waals surface area contributed by atoms with Crippen LogP contribution in [0.2, 0.25) is 0 Å². The number of benzene rings is 2. The number of fused-ring (bicyclic) bond motifs is 1. The Hall–Kier alpha value is -1.30. The maximum Gasteiger partial charge on any atom is 0.0280 e. The first-order valence-electron chi connectivity index (χ1n) is 6.73. The van der Waals surface area contributed by atoms with E-state index in [1.165, 1.54) is 12.1 Å². The lowest BCUT2D eigenvalue weighted by molar-refractivity contribution is 1.43. The van der Waals surface area contributed by atoms with Gasteiger partial charge in [-0.25, -0.2) is 0 Å². The molecule has 2 rings (SSSR count). The molecule has 0 heteroatoms. The predicted octanol–water partition coefficient (Wildman–Crippen LogP) is 3.46. The first kappa shape index (κ1) is 3.21. The van der Waals surface area contributed by atoms with Crippen LogP contribution in [0.3, 0.4) is 0 Å². The second-order valence-electron chi connectivity index (χ2n) is 2.74. The summed E-state index contributed by atoms with van der Waals surface area (Å²) in [5, 5.41) is 1.21. The minimum atomic E-state index is -2.32. The quantitative estimate of drug-likeness (QED) is 0.556. The standard InChI is InChI=1S/C12H12/c1-9-7-10(2)12-6-4-3-5-11(12)8-9/h3-8H,1-2H3/i1D3,2D3. The molecule has 0 aliphatic heterocycles. The summed E-state index contributed by atoms with van der Waals surface area (Å²) in [5.74, 6) is 0. The van der Waals surface area contributed by atoms with Gasteiger partial charge >= 0.3 is 0 Å². The van der Waals surface area contributed by atoms with E-state index in [4.69, 9.17) is 8.22 Å². The number of hydrogen-bond donors (Lipinski definition) is 0. The minimum absolute atomic E-state index is 0.0623. The molecule has 0 saturated heterocycles. The molecule has 0 heterocycles. The lowest BCUT2D eigenvalue weighted by Crippen LogP contribution is -1.80. The molecule has 2 aromatic rings. The molecule has 0 aliphatic rings. The van der Waals surface area contributed by atoms with E-state index in [1.54, 1.807) is 24.3 Å². The third-order valence-electron chi connectivity index (χ3n) is 1.86. The van der Waals surface area contributed by atoms with Crippen molar-refractivity contribution in [2.24, 2.45) is 0 Å². The zero-order valence-electron chi connectivity index (χ0n) is 12.5. The molecule has 0 radical (unpaired) electrons. The van der Waals surface area contributed by atoms with Gasteiger partial charge in [-0.15, -0.1) is 0 Å². The Morgan fingerprint density at radius 2 is 2.00 bits per heavy atom. The summed E-state index contributed by atoms with van der Waals surface area (Å²) in [6.45, 7) is -4.62. The first-order chi connectivity index (χ1) is 8.19. The third-order valence-corrected chi connectivity index (χ3v) is 1.86. The van der Waals surface area contributed by atoms with Crippen molar-refractivity contribution in [1.82, 2.24) is 0 Å². The van der Waals surface area contributed by atoms with E-state index in [2.05, 4.69) is 0 Å². The van der Waals surface area contributed by atoms with Gasteiger partial charge in [-0.2, -0.15) is 0 Å². The van der Waals surface area contributed by atoms with Gasteiger partial charge in [0, 0.05) is 8.22 Å². The largest absolute Gasteiger partial charge is 0.0616 e. The number of rotatable bonds is 0. The summed E-state index contributed by atoms with van der Waals surface area (Å²) in [5.41, 5.74) is 0.152. The summed E-state index contributed by atoms with van der Waals surface area (Å²) >= 11 is 0. The summed E-state index contributed by atoms with van der Waals surface area (Å²) in [6, 6.07) is 9.71. The van der Waals surface area contributed by atoms with Crippen LogP contribution < -0.4 is 0 Å². The van der Waals surface area contributed by atoms with Crippen LogP contribution >= 0.6 is 0 Å². The van der Waals surface area contributed by atoms with Crippen molar-refractivity contribution in [2.45, 2.75) is 13.7 Å². The van der Waals surface area contributed by atoms with Crippen LogP contribution in [-0.2, 0) is 0 Å². The normalized spacial score (nSPS) is 20.0. The molecule has 0 unspecified atom stereocenters. The van der Waals surface area contributed by atoms with E-state index >= 15 is 0 Å². The summed E-state index contributed by atoms with van der Waals surface area (Å²) in [4.78, 5) is 0. The Morgan fingerprint density at radius 3 is 2.83 bits per heavy atom. The highest BCUT2D eigenvalue weighted by atomic mass is 14.0. The molecule has 0 nitrogen and oxygen atoms in total. The van der Waals surface area contributed by atoms with Gasteiger partial charge in [-0.05, 0) is 30.0 Å². The van der Waals surface area contributed by atoms with Crippen molar-refractivity contribution in [3.05, 3.63) is 47.5 Å². The topological polar surface area (TPSA) is 0 Å². The van der Waals surface area contributed by atoms with E-state index in [1.807, 2.05) is 0 Å². The SMILES string of the molecule is [2H]C([2H])([2H])c1cc(C([2H])([2H])[2H])c2ccccc2c1. The van der Waals surface area contributed by atoms with Gasteiger partial charge in [0.15, 0.2) is 0 Å². The highest BCUT2D eigenvalue weighted by Gasteiger charge is 1.95. The fraction of sp³-hybridized carbons (Fsp3) is 0.167. The maximum atomic E-state index is 7.51. The van der Waals surface area contributed by atoms with Crippen molar-refractivity contribution in [3.8, 4) is 0 Å². The number of aryl methyl sites for hydroxylation is 2. The van der Waals surface area contributed by atoms with Crippen molar-refractivity contribution in [2.75, 3.05) is 0 Å². The third kappa shape index (κ3) is 1.10. The van der Waals surface area contributed by atoms with Crippen LogP contribution in [-0.4, -0.2) is 0 Å². The Bertz CT molecular complexity index is 579. The minimum Gasteiger partial charge on any atom is -0.0616 e. The molecule has 0 bridgehead atoms. The highest BCUT2D eigenvalue weighted by molar-refractivity contribution is 5.86. The highest BCUT2D eigenvalue weighted by Crippen LogP contribution is 2.19. The van der Waals surface area contributed by atoms with Gasteiger partial charge in [0.05, 0.1) is 0 Å². The molecule has 0 saturated carbocycles. The van der Waals surface area contributed by atoms with E-state index < -0.39 is 13.7 Å². The lowest BCUT2D eigenvalue weighted by Gasteiger charge is -2.02. The maximum absolute atomic E-state index is 7.51. The molecule has 0 fully saturated rings. The fourth-order valence-electron chi connectivity index (χ4n) is 1.31. The summed E-state index contributed by atoms with van der Waals surface area (Å²) < 4.78 is 44.7. The number of hydrogen-bond acceptors (Lipinski definition) is 0. The summed E-state index contributed by atoms with van der Waals surface area (Å²) in [6.07, 6.45) is 0. The molecule has 0 N–H and O–H groups in total.